The van der Waals surface area contributed by atoms with E-state index in [0.717, 1.165) is 11.1 Å². The summed E-state index contributed by atoms with van der Waals surface area (Å²) in [5, 5.41) is 5.17. The van der Waals surface area contributed by atoms with E-state index in [0.29, 0.717) is 6.42 Å². The third-order valence-corrected chi connectivity index (χ3v) is 3.77. The molecule has 0 heterocycles. The van der Waals surface area contributed by atoms with Crippen molar-refractivity contribution in [1.82, 2.24) is 10.6 Å². The Bertz CT molecular complexity index is 766. The number of benzene rings is 2. The summed E-state index contributed by atoms with van der Waals surface area (Å²) in [7, 11) is 1.51. The minimum absolute atomic E-state index is 0.0341. The van der Waals surface area contributed by atoms with Crippen LogP contribution < -0.4 is 10.6 Å². The zero-order valence-corrected chi connectivity index (χ0v) is 14.0. The third-order valence-electron chi connectivity index (χ3n) is 3.77. The minimum atomic E-state index is -0.765. The van der Waals surface area contributed by atoms with Gasteiger partial charge in [-0.05, 0) is 11.1 Å². The quantitative estimate of drug-likeness (QED) is 0.594. The Labute approximate surface area is 146 Å². The molecule has 0 aliphatic heterocycles. The van der Waals surface area contributed by atoms with E-state index in [2.05, 4.69) is 10.6 Å². The summed E-state index contributed by atoms with van der Waals surface area (Å²) in [6.07, 6.45) is 0.506. The molecular weight excluding hydrogens is 316 g/mol. The molecule has 1 unspecified atom stereocenters. The summed E-state index contributed by atoms with van der Waals surface area (Å²) in [4.78, 5) is 35.7. The lowest BCUT2D eigenvalue weighted by atomic mass is 10.0. The summed E-state index contributed by atoms with van der Waals surface area (Å²) in [5.74, 6) is 0.802. The summed E-state index contributed by atoms with van der Waals surface area (Å²) in [6.45, 7) is 0. The van der Waals surface area contributed by atoms with Crippen molar-refractivity contribution < 1.29 is 14.4 Å². The van der Waals surface area contributed by atoms with Crippen LogP contribution in [0.25, 0.3) is 0 Å². The highest BCUT2D eigenvalue weighted by Gasteiger charge is 2.22. The summed E-state index contributed by atoms with van der Waals surface area (Å²) < 4.78 is 0. The van der Waals surface area contributed by atoms with E-state index in [1.54, 1.807) is 5.94 Å². The molecular formula is C20H20N2O3. The van der Waals surface area contributed by atoms with E-state index in [1.807, 2.05) is 60.7 Å². The van der Waals surface area contributed by atoms with Gasteiger partial charge in [-0.15, -0.1) is 0 Å². The Balaban J connectivity index is 2.09. The summed E-state index contributed by atoms with van der Waals surface area (Å²) in [6, 6.07) is 17.8. The van der Waals surface area contributed by atoms with E-state index in [1.165, 1.54) is 7.05 Å². The molecule has 0 aliphatic rings. The number of hydrogen-bond acceptors (Lipinski definition) is 3. The molecule has 0 fully saturated rings. The fourth-order valence-corrected chi connectivity index (χ4v) is 2.44. The number of amides is 2. The maximum Gasteiger partial charge on any atom is 0.259 e. The monoisotopic (exact) mass is 336 g/mol. The lowest BCUT2D eigenvalue weighted by molar-refractivity contribution is -0.127. The Morgan fingerprint density at radius 1 is 0.960 bits per heavy atom. The van der Waals surface area contributed by atoms with Crippen molar-refractivity contribution in [3.63, 3.8) is 0 Å². The Morgan fingerprint density at radius 3 is 2.04 bits per heavy atom. The Hall–Kier alpha value is -3.17. The van der Waals surface area contributed by atoms with Crippen molar-refractivity contribution in [2.75, 3.05) is 7.05 Å². The molecule has 0 saturated heterocycles. The largest absolute Gasteiger partial charge is 0.357 e. The van der Waals surface area contributed by atoms with Crippen LogP contribution in [-0.4, -0.2) is 30.8 Å². The van der Waals surface area contributed by atoms with Crippen molar-refractivity contribution in [2.24, 2.45) is 0 Å². The molecule has 2 aromatic rings. The minimum Gasteiger partial charge on any atom is -0.357 e. The summed E-state index contributed by atoms with van der Waals surface area (Å²) in [5.41, 5.74) is 1.71. The average Bonchev–Trinajstić information content (AvgIpc) is 2.66. The maximum absolute atomic E-state index is 12.4. The van der Waals surface area contributed by atoms with Gasteiger partial charge in [0.2, 0.25) is 5.91 Å². The number of likely N-dealkylation sites (N-methyl/N-ethyl adjacent to an activating group) is 1. The predicted octanol–water partition coefficient (Wildman–Crippen LogP) is 1.46. The predicted molar refractivity (Wildman–Crippen MR) is 95.5 cm³/mol. The van der Waals surface area contributed by atoms with Crippen molar-refractivity contribution in [1.29, 1.82) is 0 Å². The molecule has 0 aromatic heterocycles. The molecule has 0 aliphatic carbocycles. The Morgan fingerprint density at radius 2 is 1.52 bits per heavy atom. The molecule has 2 amide bonds. The van der Waals surface area contributed by atoms with E-state index >= 15 is 0 Å². The number of nitrogens with one attached hydrogen (secondary N) is 2. The van der Waals surface area contributed by atoms with Crippen LogP contribution in [0.3, 0.4) is 0 Å². The van der Waals surface area contributed by atoms with Gasteiger partial charge >= 0.3 is 0 Å². The first-order chi connectivity index (χ1) is 12.1. The van der Waals surface area contributed by atoms with Gasteiger partial charge in [-0.2, -0.15) is 0 Å². The lowest BCUT2D eigenvalue weighted by Crippen LogP contribution is -2.47. The molecule has 2 N–H and O–H groups in total. The number of hydrogen-bond donors (Lipinski definition) is 2. The van der Waals surface area contributed by atoms with Gasteiger partial charge in [-0.3, -0.25) is 9.59 Å². The molecule has 2 rings (SSSR count). The number of rotatable bonds is 7. The zero-order valence-electron chi connectivity index (χ0n) is 14.0. The van der Waals surface area contributed by atoms with E-state index in [9.17, 15) is 14.4 Å². The Kier molecular flexibility index (Phi) is 6.69. The second-order valence-corrected chi connectivity index (χ2v) is 5.57. The average molecular weight is 336 g/mol. The summed E-state index contributed by atoms with van der Waals surface area (Å²) >= 11 is 0. The van der Waals surface area contributed by atoms with Crippen molar-refractivity contribution in [2.45, 2.75) is 18.9 Å². The maximum atomic E-state index is 12.4. The van der Waals surface area contributed by atoms with Crippen molar-refractivity contribution >= 4 is 17.8 Å². The molecule has 0 radical (unpaired) electrons. The van der Waals surface area contributed by atoms with Crippen LogP contribution in [0.1, 0.15) is 11.1 Å². The molecule has 1 atom stereocenters. The highest BCUT2D eigenvalue weighted by molar-refractivity contribution is 6.03. The molecule has 25 heavy (non-hydrogen) atoms. The first kappa shape index (κ1) is 18.2. The first-order valence-electron chi connectivity index (χ1n) is 7.98. The topological polar surface area (TPSA) is 75.3 Å². The molecule has 2 aromatic carbocycles. The molecule has 0 saturated carbocycles. The second-order valence-electron chi connectivity index (χ2n) is 5.57. The third kappa shape index (κ3) is 5.44. The van der Waals surface area contributed by atoms with Crippen molar-refractivity contribution in [3.8, 4) is 0 Å². The van der Waals surface area contributed by atoms with Crippen LogP contribution in [-0.2, 0) is 27.2 Å². The highest BCUT2D eigenvalue weighted by atomic mass is 16.2. The van der Waals surface area contributed by atoms with Gasteiger partial charge in [0.05, 0.1) is 0 Å². The lowest BCUT2D eigenvalue weighted by Gasteiger charge is -2.17. The normalized spacial score (nSPS) is 11.1. The van der Waals surface area contributed by atoms with Crippen LogP contribution in [0.15, 0.2) is 66.2 Å². The van der Waals surface area contributed by atoms with E-state index in [-0.39, 0.29) is 17.9 Å². The van der Waals surface area contributed by atoms with E-state index < -0.39 is 11.9 Å². The molecule has 5 heteroatoms. The van der Waals surface area contributed by atoms with Gasteiger partial charge in [0.15, 0.2) is 0 Å². The molecule has 128 valence electrons. The first-order valence-corrected chi connectivity index (χ1v) is 7.98. The van der Waals surface area contributed by atoms with Gasteiger partial charge in [0.25, 0.3) is 5.91 Å². The fraction of sp³-hybridized carbons (Fsp3) is 0.200. The van der Waals surface area contributed by atoms with Crippen LogP contribution >= 0.6 is 0 Å². The van der Waals surface area contributed by atoms with Crippen LogP contribution in [0.5, 0.6) is 0 Å². The second kappa shape index (κ2) is 9.21. The van der Waals surface area contributed by atoms with Crippen LogP contribution in [0.2, 0.25) is 0 Å². The van der Waals surface area contributed by atoms with Gasteiger partial charge in [0.1, 0.15) is 17.6 Å². The van der Waals surface area contributed by atoms with Crippen molar-refractivity contribution in [3.05, 3.63) is 77.4 Å². The number of carbonyl (C=O) groups excluding carboxylic acids is 3. The van der Waals surface area contributed by atoms with Gasteiger partial charge in [0, 0.05) is 19.9 Å². The standard InChI is InChI=1S/C20H20N2O3/c1-21-20(25)18(13-16-10-6-3-7-11-16)22-19(24)17(14-23)12-15-8-4-2-5-9-15/h2-11,18H,12-13H2,1H3,(H,21,25)(H,22,24). The SMILES string of the molecule is CNC(=O)C(Cc1ccccc1)NC(=O)C(=C=O)Cc1ccccc1. The smallest absolute Gasteiger partial charge is 0.259 e. The van der Waals surface area contributed by atoms with E-state index in [4.69, 9.17) is 0 Å². The fourth-order valence-electron chi connectivity index (χ4n) is 2.44. The highest BCUT2D eigenvalue weighted by Crippen LogP contribution is 2.08. The van der Waals surface area contributed by atoms with Gasteiger partial charge in [-0.1, -0.05) is 60.7 Å². The van der Waals surface area contributed by atoms with Crippen LogP contribution in [0, 0.1) is 0 Å². The molecule has 5 nitrogen and oxygen atoms in total. The van der Waals surface area contributed by atoms with Gasteiger partial charge in [-0.25, -0.2) is 4.79 Å². The number of carbonyl (C=O) groups is 2. The van der Waals surface area contributed by atoms with Gasteiger partial charge < -0.3 is 10.6 Å². The molecule has 0 spiro atoms. The molecule has 0 bridgehead atoms. The zero-order chi connectivity index (χ0) is 18.1. The van der Waals surface area contributed by atoms with Crippen LogP contribution in [0.4, 0.5) is 0 Å².